The van der Waals surface area contributed by atoms with E-state index in [1.54, 1.807) is 13.0 Å². The number of rotatable bonds is 3. The van der Waals surface area contributed by atoms with Crippen LogP contribution in [-0.4, -0.2) is 26.6 Å². The maximum Gasteiger partial charge on any atom is 0.406 e. The van der Waals surface area contributed by atoms with Crippen LogP contribution >= 0.6 is 0 Å². The van der Waals surface area contributed by atoms with Gasteiger partial charge in [0.15, 0.2) is 0 Å². The Bertz CT molecular complexity index is 1020. The molecule has 0 spiro atoms. The van der Waals surface area contributed by atoms with Crippen molar-refractivity contribution in [3.8, 4) is 6.07 Å². The number of alkyl halides is 3. The molecule has 0 atom stereocenters. The van der Waals surface area contributed by atoms with Crippen LogP contribution < -0.4 is 5.32 Å². The van der Waals surface area contributed by atoms with Crippen molar-refractivity contribution in [3.63, 3.8) is 0 Å². The molecular weight excluding hydrogens is 347 g/mol. The molecule has 1 amide bonds. The summed E-state index contributed by atoms with van der Waals surface area (Å²) >= 11 is 0. The molecule has 0 saturated carbocycles. The Morgan fingerprint density at radius 2 is 2.08 bits per heavy atom. The van der Waals surface area contributed by atoms with Crippen LogP contribution in [0.4, 0.5) is 19.1 Å². The van der Waals surface area contributed by atoms with E-state index < -0.39 is 18.6 Å². The summed E-state index contributed by atoms with van der Waals surface area (Å²) in [6, 6.07) is 9.19. The molecule has 0 radical (unpaired) electrons. The number of benzene rings is 1. The second-order valence-corrected chi connectivity index (χ2v) is 5.59. The van der Waals surface area contributed by atoms with Crippen LogP contribution in [0.5, 0.6) is 0 Å². The predicted molar refractivity (Wildman–Crippen MR) is 87.4 cm³/mol. The summed E-state index contributed by atoms with van der Waals surface area (Å²) in [6.07, 6.45) is -3.20. The van der Waals surface area contributed by atoms with Gasteiger partial charge in [-0.05, 0) is 37.3 Å². The number of hydrogen-bond donors (Lipinski definition) is 1. The predicted octanol–water partition coefficient (Wildman–Crippen LogP) is 3.43. The average Bonchev–Trinajstić information content (AvgIpc) is 2.90. The van der Waals surface area contributed by atoms with Crippen molar-refractivity contribution in [1.29, 1.82) is 5.26 Å². The SMILES string of the molecule is Cc1ccc(C(=O)Nc2nc3ccc(C#N)cc3n2CC(F)(F)F)cn1. The number of nitrogens with zero attached hydrogens (tertiary/aromatic N) is 4. The number of imidazole rings is 1. The fraction of sp³-hybridized carbons (Fsp3) is 0.176. The highest BCUT2D eigenvalue weighted by molar-refractivity contribution is 6.03. The number of aromatic nitrogens is 3. The van der Waals surface area contributed by atoms with Gasteiger partial charge in [-0.1, -0.05) is 0 Å². The second-order valence-electron chi connectivity index (χ2n) is 5.59. The lowest BCUT2D eigenvalue weighted by molar-refractivity contribution is -0.139. The second kappa shape index (κ2) is 6.48. The van der Waals surface area contributed by atoms with E-state index in [1.807, 2.05) is 6.07 Å². The van der Waals surface area contributed by atoms with Crippen LogP contribution in [-0.2, 0) is 6.54 Å². The summed E-state index contributed by atoms with van der Waals surface area (Å²) in [4.78, 5) is 20.3. The quantitative estimate of drug-likeness (QED) is 0.777. The highest BCUT2D eigenvalue weighted by Gasteiger charge is 2.31. The molecule has 3 rings (SSSR count). The number of halogens is 3. The third kappa shape index (κ3) is 3.64. The van der Waals surface area contributed by atoms with E-state index in [-0.39, 0.29) is 28.1 Å². The Balaban J connectivity index is 2.03. The van der Waals surface area contributed by atoms with E-state index in [4.69, 9.17) is 5.26 Å². The van der Waals surface area contributed by atoms with Crippen LogP contribution in [0.1, 0.15) is 21.6 Å². The normalized spacial score (nSPS) is 11.3. The van der Waals surface area contributed by atoms with Crippen LogP contribution in [0.25, 0.3) is 11.0 Å². The van der Waals surface area contributed by atoms with Gasteiger partial charge in [0.25, 0.3) is 5.91 Å². The number of carbonyl (C=O) groups excluding carboxylic acids is 1. The van der Waals surface area contributed by atoms with Crippen LogP contribution in [0.15, 0.2) is 36.5 Å². The van der Waals surface area contributed by atoms with Crippen molar-refractivity contribution in [2.24, 2.45) is 0 Å². The van der Waals surface area contributed by atoms with Gasteiger partial charge < -0.3 is 4.57 Å². The summed E-state index contributed by atoms with van der Waals surface area (Å²) in [7, 11) is 0. The lowest BCUT2D eigenvalue weighted by atomic mass is 10.2. The largest absolute Gasteiger partial charge is 0.406 e. The third-order valence-corrected chi connectivity index (χ3v) is 3.61. The lowest BCUT2D eigenvalue weighted by Gasteiger charge is -2.12. The lowest BCUT2D eigenvalue weighted by Crippen LogP contribution is -2.22. The number of aryl methyl sites for hydroxylation is 1. The van der Waals surface area contributed by atoms with Crippen molar-refractivity contribution in [2.45, 2.75) is 19.6 Å². The van der Waals surface area contributed by atoms with Gasteiger partial charge >= 0.3 is 6.18 Å². The standard InChI is InChI=1S/C17H12F3N5O/c1-10-2-4-12(8-22-10)15(26)24-16-23-13-5-3-11(7-21)6-14(13)25(16)9-17(18,19)20/h2-6,8H,9H2,1H3,(H,23,24,26). The van der Waals surface area contributed by atoms with E-state index in [9.17, 15) is 18.0 Å². The molecule has 0 aliphatic rings. The number of nitriles is 1. The van der Waals surface area contributed by atoms with Crippen molar-refractivity contribution in [2.75, 3.05) is 5.32 Å². The zero-order valence-electron chi connectivity index (χ0n) is 13.5. The van der Waals surface area contributed by atoms with Gasteiger partial charge in [-0.25, -0.2) is 4.98 Å². The molecule has 0 aliphatic heterocycles. The molecule has 2 aromatic heterocycles. The van der Waals surface area contributed by atoms with Gasteiger partial charge in [-0.2, -0.15) is 18.4 Å². The molecule has 2 heterocycles. The highest BCUT2D eigenvalue weighted by Crippen LogP contribution is 2.27. The van der Waals surface area contributed by atoms with Crippen LogP contribution in [0, 0.1) is 18.3 Å². The highest BCUT2D eigenvalue weighted by atomic mass is 19.4. The first-order chi connectivity index (χ1) is 12.3. The van der Waals surface area contributed by atoms with Crippen LogP contribution in [0.2, 0.25) is 0 Å². The Hall–Kier alpha value is -3.41. The summed E-state index contributed by atoms with van der Waals surface area (Å²) in [5.41, 5.74) is 1.44. The van der Waals surface area contributed by atoms with E-state index in [1.165, 1.54) is 30.5 Å². The molecule has 9 heteroatoms. The zero-order chi connectivity index (χ0) is 18.9. The van der Waals surface area contributed by atoms with E-state index in [2.05, 4.69) is 15.3 Å². The monoisotopic (exact) mass is 359 g/mol. The average molecular weight is 359 g/mol. The molecule has 0 saturated heterocycles. The maximum absolute atomic E-state index is 13.0. The van der Waals surface area contributed by atoms with Crippen molar-refractivity contribution in [3.05, 3.63) is 53.3 Å². The van der Waals surface area contributed by atoms with Crippen LogP contribution in [0.3, 0.4) is 0 Å². The summed E-state index contributed by atoms with van der Waals surface area (Å²) < 4.78 is 39.8. The fourth-order valence-electron chi connectivity index (χ4n) is 2.40. The first-order valence-corrected chi connectivity index (χ1v) is 7.48. The third-order valence-electron chi connectivity index (χ3n) is 3.61. The molecule has 0 fully saturated rings. The van der Waals surface area contributed by atoms with Gasteiger partial charge in [0.2, 0.25) is 5.95 Å². The Labute approximate surface area is 145 Å². The molecule has 3 aromatic rings. The molecule has 1 aromatic carbocycles. The topological polar surface area (TPSA) is 83.6 Å². The number of nitrogens with one attached hydrogen (secondary N) is 1. The van der Waals surface area contributed by atoms with Crippen molar-refractivity contribution < 1.29 is 18.0 Å². The Kier molecular flexibility index (Phi) is 4.34. The smallest absolute Gasteiger partial charge is 0.301 e. The number of anilines is 1. The molecule has 0 aliphatic carbocycles. The number of fused-ring (bicyclic) bond motifs is 1. The maximum atomic E-state index is 13.0. The molecule has 1 N–H and O–H groups in total. The number of amides is 1. The minimum absolute atomic E-state index is 0.110. The van der Waals surface area contributed by atoms with Gasteiger partial charge in [-0.3, -0.25) is 15.1 Å². The van der Waals surface area contributed by atoms with Gasteiger partial charge in [0.1, 0.15) is 6.54 Å². The number of hydrogen-bond acceptors (Lipinski definition) is 4. The first kappa shape index (κ1) is 17.4. The zero-order valence-corrected chi connectivity index (χ0v) is 13.5. The van der Waals surface area contributed by atoms with E-state index in [0.29, 0.717) is 5.69 Å². The molecular formula is C17H12F3N5O. The number of carbonyl (C=O) groups is 1. The summed E-state index contributed by atoms with van der Waals surface area (Å²) in [6.45, 7) is 0.400. The van der Waals surface area contributed by atoms with Gasteiger partial charge in [0, 0.05) is 11.9 Å². The fourth-order valence-corrected chi connectivity index (χ4v) is 2.40. The van der Waals surface area contributed by atoms with E-state index >= 15 is 0 Å². The minimum atomic E-state index is -4.53. The van der Waals surface area contributed by atoms with E-state index in [0.717, 1.165) is 4.57 Å². The summed E-state index contributed by atoms with van der Waals surface area (Å²) in [5, 5.41) is 11.4. The van der Waals surface area contributed by atoms with Crippen molar-refractivity contribution >= 4 is 22.9 Å². The molecule has 0 unspecified atom stereocenters. The minimum Gasteiger partial charge on any atom is -0.301 e. The molecule has 0 bridgehead atoms. The molecule has 6 nitrogen and oxygen atoms in total. The van der Waals surface area contributed by atoms with Gasteiger partial charge in [-0.15, -0.1) is 0 Å². The summed E-state index contributed by atoms with van der Waals surface area (Å²) in [5.74, 6) is -0.880. The molecule has 26 heavy (non-hydrogen) atoms. The molecule has 132 valence electrons. The number of pyridine rings is 1. The Morgan fingerprint density at radius 1 is 1.31 bits per heavy atom. The van der Waals surface area contributed by atoms with Crippen molar-refractivity contribution in [1.82, 2.24) is 14.5 Å². The first-order valence-electron chi connectivity index (χ1n) is 7.48. The Morgan fingerprint density at radius 3 is 2.69 bits per heavy atom. The van der Waals surface area contributed by atoms with Gasteiger partial charge in [0.05, 0.1) is 28.2 Å².